The van der Waals surface area contributed by atoms with E-state index in [-0.39, 0.29) is 24.0 Å². The fraction of sp³-hybridized carbons (Fsp3) is 0.472. The van der Waals surface area contributed by atoms with Gasteiger partial charge in [0.2, 0.25) is 0 Å². The smallest absolute Gasteiger partial charge is 0.338 e. The molecule has 3 aliphatic carbocycles. The molecule has 2 N–H and O–H groups in total. The first kappa shape index (κ1) is 33.2. The van der Waals surface area contributed by atoms with Crippen molar-refractivity contribution in [2.24, 2.45) is 28.1 Å². The highest BCUT2D eigenvalue weighted by Gasteiger charge is 2.77. The van der Waals surface area contributed by atoms with Gasteiger partial charge in [-0.25, -0.2) is 9.59 Å². The van der Waals surface area contributed by atoms with Crippen molar-refractivity contribution >= 4 is 29.5 Å². The molecule has 10 nitrogen and oxygen atoms in total. The summed E-state index contributed by atoms with van der Waals surface area (Å²) >= 11 is 0. The lowest BCUT2D eigenvalue weighted by molar-refractivity contribution is -0.290. The molecule has 10 heteroatoms. The summed E-state index contributed by atoms with van der Waals surface area (Å²) in [6, 6.07) is 16.2. The molecule has 0 amide bonds. The van der Waals surface area contributed by atoms with Gasteiger partial charge >= 0.3 is 17.9 Å². The number of fused-ring (bicyclic) bond motifs is 3. The predicted octanol–water partition coefficient (Wildman–Crippen LogP) is 3.88. The minimum atomic E-state index is -2.53. The Bertz CT molecular complexity index is 1570. The molecule has 3 saturated carbocycles. The van der Waals surface area contributed by atoms with Crippen LogP contribution in [0.3, 0.4) is 0 Å². The van der Waals surface area contributed by atoms with Gasteiger partial charge in [0.1, 0.15) is 24.1 Å². The average Bonchev–Trinajstić information content (AvgIpc) is 3.02. The number of hydrogen-bond acceptors (Lipinski definition) is 10. The Morgan fingerprint density at radius 2 is 1.39 bits per heavy atom. The van der Waals surface area contributed by atoms with Crippen molar-refractivity contribution < 1.29 is 48.4 Å². The summed E-state index contributed by atoms with van der Waals surface area (Å²) in [4.78, 5) is 67.7. The van der Waals surface area contributed by atoms with E-state index >= 15 is 0 Å². The number of aliphatic hydroxyl groups excluding tert-OH is 1. The lowest BCUT2D eigenvalue weighted by atomic mass is 9.39. The standard InChI is InChI=1S/C36H40O10/c1-7-34(5)19-23(38)27-35(6)24(18-25(44-20(2)37)36(27,43)32(34)42)33(3,4)29(46-31(41)22-16-12-9-13-17-22)26(28(35)39)45-30(40)21-14-10-8-11-15-21/h7-17,24-29,39,43H,1,18-19H2,2-6H3/t24-,25+,26+,27+,28-,29+,34+,35-,36-/m0/s1. The highest BCUT2D eigenvalue weighted by molar-refractivity contribution is 6.06. The van der Waals surface area contributed by atoms with E-state index in [9.17, 15) is 34.2 Å². The minimum Gasteiger partial charge on any atom is -0.459 e. The Morgan fingerprint density at radius 3 is 1.89 bits per heavy atom. The summed E-state index contributed by atoms with van der Waals surface area (Å²) in [5.74, 6) is -5.98. The maximum atomic E-state index is 14.2. The Morgan fingerprint density at radius 1 is 0.870 bits per heavy atom. The van der Waals surface area contributed by atoms with Gasteiger partial charge in [0, 0.05) is 24.2 Å². The molecule has 3 aliphatic rings. The zero-order valence-electron chi connectivity index (χ0n) is 26.6. The van der Waals surface area contributed by atoms with E-state index in [1.807, 2.05) is 0 Å². The molecule has 5 rings (SSSR count). The van der Waals surface area contributed by atoms with E-state index in [2.05, 4.69) is 6.58 Å². The van der Waals surface area contributed by atoms with Gasteiger partial charge in [-0.1, -0.05) is 63.2 Å². The van der Waals surface area contributed by atoms with Gasteiger partial charge in [-0.3, -0.25) is 14.4 Å². The Balaban J connectivity index is 1.68. The van der Waals surface area contributed by atoms with E-state index in [0.717, 1.165) is 6.92 Å². The van der Waals surface area contributed by atoms with Crippen LogP contribution in [0.1, 0.15) is 68.2 Å². The van der Waals surface area contributed by atoms with Gasteiger partial charge < -0.3 is 24.4 Å². The van der Waals surface area contributed by atoms with Crippen LogP contribution < -0.4 is 0 Å². The van der Waals surface area contributed by atoms with Crippen LogP contribution >= 0.6 is 0 Å². The van der Waals surface area contributed by atoms with Crippen molar-refractivity contribution in [3.63, 3.8) is 0 Å². The molecule has 0 unspecified atom stereocenters. The monoisotopic (exact) mass is 632 g/mol. The molecule has 46 heavy (non-hydrogen) atoms. The third kappa shape index (κ3) is 4.98. The lowest BCUT2D eigenvalue weighted by Gasteiger charge is -2.67. The van der Waals surface area contributed by atoms with Crippen LogP contribution in [0, 0.1) is 28.1 Å². The van der Waals surface area contributed by atoms with Crippen molar-refractivity contribution in [1.82, 2.24) is 0 Å². The van der Waals surface area contributed by atoms with E-state index in [1.54, 1.807) is 69.3 Å². The second-order valence-corrected chi connectivity index (χ2v) is 13.8. The fourth-order valence-electron chi connectivity index (χ4n) is 8.38. The third-order valence-electron chi connectivity index (χ3n) is 10.6. The minimum absolute atomic E-state index is 0.169. The third-order valence-corrected chi connectivity index (χ3v) is 10.6. The molecule has 0 saturated heterocycles. The molecule has 244 valence electrons. The maximum Gasteiger partial charge on any atom is 0.338 e. The normalized spacial score (nSPS) is 36.4. The number of allylic oxidation sites excluding steroid dienone is 1. The van der Waals surface area contributed by atoms with Crippen molar-refractivity contribution in [1.29, 1.82) is 0 Å². The number of carbonyl (C=O) groups excluding carboxylic acids is 5. The molecular formula is C36H40O10. The van der Waals surface area contributed by atoms with Gasteiger partial charge in [0.25, 0.3) is 0 Å². The van der Waals surface area contributed by atoms with Crippen LogP contribution in [-0.4, -0.2) is 69.7 Å². The van der Waals surface area contributed by atoms with E-state index in [1.165, 1.54) is 25.1 Å². The van der Waals surface area contributed by atoms with E-state index < -0.39 is 87.6 Å². The molecule has 0 heterocycles. The molecule has 0 radical (unpaired) electrons. The number of Topliss-reactive ketones (excluding diaryl/α,β-unsaturated/α-hetero) is 2. The first-order chi connectivity index (χ1) is 21.5. The Labute approximate surface area is 267 Å². The number of carbonyl (C=O) groups is 5. The zero-order chi connectivity index (χ0) is 33.8. The van der Waals surface area contributed by atoms with Gasteiger partial charge in [-0.05, 0) is 43.5 Å². The number of rotatable bonds is 6. The molecule has 0 aromatic heterocycles. The first-order valence-electron chi connectivity index (χ1n) is 15.3. The van der Waals surface area contributed by atoms with Crippen LogP contribution in [-0.2, 0) is 28.6 Å². The molecule has 0 bridgehead atoms. The second-order valence-electron chi connectivity index (χ2n) is 13.8. The topological polar surface area (TPSA) is 154 Å². The van der Waals surface area contributed by atoms with Crippen LogP contribution in [0.15, 0.2) is 73.3 Å². The fourth-order valence-corrected chi connectivity index (χ4v) is 8.38. The summed E-state index contributed by atoms with van der Waals surface area (Å²) in [7, 11) is 0. The average molecular weight is 633 g/mol. The molecular weight excluding hydrogens is 592 g/mol. The summed E-state index contributed by atoms with van der Waals surface area (Å²) in [5.41, 5.74) is -6.40. The summed E-state index contributed by atoms with van der Waals surface area (Å²) in [6.07, 6.45) is -5.16. The Kier molecular flexibility index (Phi) is 8.36. The largest absolute Gasteiger partial charge is 0.459 e. The van der Waals surface area contributed by atoms with E-state index in [0.29, 0.717) is 0 Å². The number of ketones is 2. The maximum absolute atomic E-state index is 14.2. The summed E-state index contributed by atoms with van der Waals surface area (Å²) in [5, 5.41) is 24.8. The summed E-state index contributed by atoms with van der Waals surface area (Å²) < 4.78 is 17.6. The van der Waals surface area contributed by atoms with Crippen molar-refractivity contribution in [2.45, 2.75) is 77.5 Å². The molecule has 3 fully saturated rings. The van der Waals surface area contributed by atoms with Gasteiger partial charge in [-0.15, -0.1) is 6.58 Å². The quantitative estimate of drug-likeness (QED) is 0.273. The molecule has 0 spiro atoms. The van der Waals surface area contributed by atoms with Gasteiger partial charge in [0.15, 0.2) is 17.5 Å². The number of esters is 3. The van der Waals surface area contributed by atoms with Crippen molar-refractivity contribution in [3.8, 4) is 0 Å². The number of hydrogen-bond donors (Lipinski definition) is 2. The summed E-state index contributed by atoms with van der Waals surface area (Å²) in [6.45, 7) is 11.4. The Hall–Kier alpha value is -4.15. The van der Waals surface area contributed by atoms with E-state index in [4.69, 9.17) is 14.2 Å². The number of aliphatic hydroxyl groups is 2. The van der Waals surface area contributed by atoms with Crippen molar-refractivity contribution in [2.75, 3.05) is 0 Å². The molecule has 2 aromatic rings. The molecule has 2 aromatic carbocycles. The van der Waals surface area contributed by atoms with Crippen LogP contribution in [0.25, 0.3) is 0 Å². The highest BCUT2D eigenvalue weighted by atomic mass is 16.6. The van der Waals surface area contributed by atoms with Gasteiger partial charge in [-0.2, -0.15) is 0 Å². The molecule has 0 aliphatic heterocycles. The SMILES string of the molecule is C=C[C@]1(C)CC(=O)[C@H]2[C@](O)(C1=O)[C@H](OC(C)=O)C[C@H]1C(C)(C)[C@H](OC(=O)c3ccccc3)[C@H](OC(=O)c3ccccc3)[C@H](O)[C@@]12C. The predicted molar refractivity (Wildman–Crippen MR) is 164 cm³/mol. The molecule has 9 atom stereocenters. The second kappa shape index (κ2) is 11.6. The zero-order valence-corrected chi connectivity index (χ0v) is 26.6. The van der Waals surface area contributed by atoms with Gasteiger partial charge in [0.05, 0.1) is 22.5 Å². The highest BCUT2D eigenvalue weighted by Crippen LogP contribution is 2.66. The van der Waals surface area contributed by atoms with Crippen LogP contribution in [0.2, 0.25) is 0 Å². The lowest BCUT2D eigenvalue weighted by Crippen LogP contribution is -2.79. The number of benzene rings is 2. The van der Waals surface area contributed by atoms with Crippen LogP contribution in [0.5, 0.6) is 0 Å². The number of ether oxygens (including phenoxy) is 3. The van der Waals surface area contributed by atoms with Crippen LogP contribution in [0.4, 0.5) is 0 Å². The first-order valence-corrected chi connectivity index (χ1v) is 15.3. The van der Waals surface area contributed by atoms with Crippen molar-refractivity contribution in [3.05, 3.63) is 84.4 Å².